The van der Waals surface area contributed by atoms with Gasteiger partial charge in [-0.25, -0.2) is 4.39 Å². The minimum absolute atomic E-state index is 0.297. The molecular weight excluding hydrogens is 270 g/mol. The number of halogens is 3. The molecule has 0 amide bonds. The van der Waals surface area contributed by atoms with Gasteiger partial charge in [-0.3, -0.25) is 4.79 Å². The highest BCUT2D eigenvalue weighted by molar-refractivity contribution is 9.10. The molecule has 4 heteroatoms. The van der Waals surface area contributed by atoms with Gasteiger partial charge >= 0.3 is 0 Å². The summed E-state index contributed by atoms with van der Waals surface area (Å²) in [6.07, 6.45) is 0.445. The van der Waals surface area contributed by atoms with Crippen molar-refractivity contribution in [1.29, 1.82) is 0 Å². The summed E-state index contributed by atoms with van der Waals surface area (Å²) in [6, 6.07) is 4.39. The Kier molecular flexibility index (Phi) is 4.08. The molecule has 1 nitrogen and oxygen atoms in total. The van der Waals surface area contributed by atoms with Crippen molar-refractivity contribution in [3.63, 3.8) is 0 Å². The summed E-state index contributed by atoms with van der Waals surface area (Å²) in [6.45, 7) is 1.71. The molecular formula is C10H9BrClFO. The van der Waals surface area contributed by atoms with E-state index in [1.807, 2.05) is 0 Å². The number of benzene rings is 1. The largest absolute Gasteiger partial charge is 0.281 e. The SMILES string of the molecule is CC(Cc1cc(F)ccc1Br)C(=O)Cl. The first-order valence-corrected chi connectivity index (χ1v) is 5.31. The molecule has 0 aliphatic rings. The van der Waals surface area contributed by atoms with E-state index in [2.05, 4.69) is 15.9 Å². The quantitative estimate of drug-likeness (QED) is 0.774. The van der Waals surface area contributed by atoms with Crippen LogP contribution < -0.4 is 0 Å². The van der Waals surface area contributed by atoms with E-state index in [0.717, 1.165) is 10.0 Å². The smallest absolute Gasteiger partial charge is 0.224 e. The van der Waals surface area contributed by atoms with Crippen LogP contribution in [-0.2, 0) is 11.2 Å². The predicted octanol–water partition coefficient (Wildman–Crippen LogP) is 3.53. The second-order valence-electron chi connectivity index (χ2n) is 3.15. The third kappa shape index (κ3) is 3.07. The molecule has 1 aromatic carbocycles. The van der Waals surface area contributed by atoms with Crippen molar-refractivity contribution in [2.24, 2.45) is 5.92 Å². The summed E-state index contributed by atoms with van der Waals surface area (Å²) in [4.78, 5) is 10.8. The van der Waals surface area contributed by atoms with E-state index in [0.29, 0.717) is 6.42 Å². The maximum atomic E-state index is 12.9. The molecule has 0 aliphatic carbocycles. The fourth-order valence-corrected chi connectivity index (χ4v) is 1.60. The van der Waals surface area contributed by atoms with Gasteiger partial charge in [0.05, 0.1) is 0 Å². The van der Waals surface area contributed by atoms with Gasteiger partial charge in [0.2, 0.25) is 5.24 Å². The van der Waals surface area contributed by atoms with Crippen molar-refractivity contribution in [3.05, 3.63) is 34.1 Å². The van der Waals surface area contributed by atoms with Gasteiger partial charge in [0.15, 0.2) is 0 Å². The summed E-state index contributed by atoms with van der Waals surface area (Å²) in [5.41, 5.74) is 0.756. The van der Waals surface area contributed by atoms with Gasteiger partial charge in [0, 0.05) is 10.4 Å². The first-order chi connectivity index (χ1) is 6.50. The second-order valence-corrected chi connectivity index (χ2v) is 4.37. The van der Waals surface area contributed by atoms with Crippen molar-refractivity contribution < 1.29 is 9.18 Å². The predicted molar refractivity (Wildman–Crippen MR) is 57.8 cm³/mol. The van der Waals surface area contributed by atoms with Crippen molar-refractivity contribution >= 4 is 32.8 Å². The lowest BCUT2D eigenvalue weighted by Crippen LogP contribution is -2.07. The van der Waals surface area contributed by atoms with Crippen molar-refractivity contribution in [3.8, 4) is 0 Å². The van der Waals surface area contributed by atoms with Gasteiger partial charge < -0.3 is 0 Å². The lowest BCUT2D eigenvalue weighted by Gasteiger charge is -2.08. The Morgan fingerprint density at radius 3 is 2.86 bits per heavy atom. The van der Waals surface area contributed by atoms with E-state index in [1.54, 1.807) is 13.0 Å². The minimum Gasteiger partial charge on any atom is -0.281 e. The molecule has 0 saturated carbocycles. The molecule has 76 valence electrons. The van der Waals surface area contributed by atoms with Crippen molar-refractivity contribution in [2.75, 3.05) is 0 Å². The van der Waals surface area contributed by atoms with Crippen molar-refractivity contribution in [2.45, 2.75) is 13.3 Å². The third-order valence-corrected chi connectivity index (χ3v) is 3.07. The Balaban J connectivity index is 2.85. The second kappa shape index (κ2) is 4.89. The van der Waals surface area contributed by atoms with Crippen LogP contribution in [0, 0.1) is 11.7 Å². The number of carbonyl (C=O) groups is 1. The van der Waals surface area contributed by atoms with E-state index < -0.39 is 5.24 Å². The van der Waals surface area contributed by atoms with Crippen LogP contribution in [0.3, 0.4) is 0 Å². The maximum Gasteiger partial charge on any atom is 0.224 e. The van der Waals surface area contributed by atoms with Gasteiger partial charge in [-0.15, -0.1) is 0 Å². The van der Waals surface area contributed by atoms with Crippen LogP contribution >= 0.6 is 27.5 Å². The number of hydrogen-bond donors (Lipinski definition) is 0. The minimum atomic E-state index is -0.402. The normalized spacial score (nSPS) is 12.6. The highest BCUT2D eigenvalue weighted by Gasteiger charge is 2.12. The Hall–Kier alpha value is -0.410. The van der Waals surface area contributed by atoms with E-state index in [4.69, 9.17) is 11.6 Å². The molecule has 1 unspecified atom stereocenters. The molecule has 0 heterocycles. The van der Waals surface area contributed by atoms with Crippen LogP contribution in [0.1, 0.15) is 12.5 Å². The Morgan fingerprint density at radius 2 is 2.29 bits per heavy atom. The molecule has 0 bridgehead atoms. The zero-order valence-electron chi connectivity index (χ0n) is 7.56. The molecule has 0 aromatic heterocycles. The monoisotopic (exact) mass is 278 g/mol. The number of rotatable bonds is 3. The van der Waals surface area contributed by atoms with Crippen LogP contribution in [0.5, 0.6) is 0 Å². The highest BCUT2D eigenvalue weighted by Crippen LogP contribution is 2.21. The van der Waals surface area contributed by atoms with E-state index in [9.17, 15) is 9.18 Å². The van der Waals surface area contributed by atoms with Crippen LogP contribution in [0.2, 0.25) is 0 Å². The van der Waals surface area contributed by atoms with E-state index in [1.165, 1.54) is 12.1 Å². The molecule has 14 heavy (non-hydrogen) atoms. The van der Waals surface area contributed by atoms with Gasteiger partial charge in [0.1, 0.15) is 5.82 Å². The average molecular weight is 280 g/mol. The third-order valence-electron chi connectivity index (χ3n) is 1.92. The Morgan fingerprint density at radius 1 is 1.64 bits per heavy atom. The zero-order valence-corrected chi connectivity index (χ0v) is 9.90. The molecule has 0 aliphatic heterocycles. The molecule has 0 spiro atoms. The summed E-state index contributed by atoms with van der Waals surface area (Å²) in [5, 5.41) is -0.402. The fraction of sp³-hybridized carbons (Fsp3) is 0.300. The summed E-state index contributed by atoms with van der Waals surface area (Å²) in [5.74, 6) is -0.604. The lowest BCUT2D eigenvalue weighted by molar-refractivity contribution is -0.114. The highest BCUT2D eigenvalue weighted by atomic mass is 79.9. The van der Waals surface area contributed by atoms with Crippen LogP contribution in [0.15, 0.2) is 22.7 Å². The molecule has 0 fully saturated rings. The summed E-state index contributed by atoms with van der Waals surface area (Å²) in [7, 11) is 0. The number of carbonyl (C=O) groups excluding carboxylic acids is 1. The molecule has 1 rings (SSSR count). The summed E-state index contributed by atoms with van der Waals surface area (Å²) >= 11 is 8.61. The van der Waals surface area contributed by atoms with Gasteiger partial charge in [-0.05, 0) is 41.8 Å². The van der Waals surface area contributed by atoms with Crippen LogP contribution in [0.4, 0.5) is 4.39 Å². The first-order valence-electron chi connectivity index (χ1n) is 4.14. The molecule has 0 N–H and O–H groups in total. The average Bonchev–Trinajstić information content (AvgIpc) is 2.11. The Labute approximate surface area is 95.4 Å². The van der Waals surface area contributed by atoms with E-state index >= 15 is 0 Å². The molecule has 1 aromatic rings. The number of hydrogen-bond acceptors (Lipinski definition) is 1. The van der Waals surface area contributed by atoms with Gasteiger partial charge in [0.25, 0.3) is 0 Å². The lowest BCUT2D eigenvalue weighted by atomic mass is 10.0. The first kappa shape index (κ1) is 11.7. The standard InChI is InChI=1S/C10H9BrClFO/c1-6(10(12)14)4-7-5-8(13)2-3-9(7)11/h2-3,5-6H,4H2,1H3. The van der Waals surface area contributed by atoms with Crippen LogP contribution in [0.25, 0.3) is 0 Å². The molecule has 0 radical (unpaired) electrons. The van der Waals surface area contributed by atoms with Gasteiger partial charge in [-0.1, -0.05) is 22.9 Å². The summed E-state index contributed by atoms with van der Waals surface area (Å²) < 4.78 is 13.7. The Bertz CT molecular complexity index is 354. The fourth-order valence-electron chi connectivity index (χ4n) is 1.11. The molecule has 0 saturated heterocycles. The van der Waals surface area contributed by atoms with Gasteiger partial charge in [-0.2, -0.15) is 0 Å². The van der Waals surface area contributed by atoms with E-state index in [-0.39, 0.29) is 11.7 Å². The van der Waals surface area contributed by atoms with Crippen molar-refractivity contribution in [1.82, 2.24) is 0 Å². The molecule has 1 atom stereocenters. The maximum absolute atomic E-state index is 12.9. The topological polar surface area (TPSA) is 17.1 Å². The zero-order chi connectivity index (χ0) is 10.7. The van der Waals surface area contributed by atoms with Crippen LogP contribution in [-0.4, -0.2) is 5.24 Å².